The van der Waals surface area contributed by atoms with Crippen molar-refractivity contribution in [2.24, 2.45) is 5.92 Å². The van der Waals surface area contributed by atoms with Crippen molar-refractivity contribution in [3.05, 3.63) is 33.0 Å². The van der Waals surface area contributed by atoms with Crippen LogP contribution in [0.4, 0.5) is 0 Å². The third kappa shape index (κ3) is 9.85. The number of unbranched alkanes of at least 4 members (excludes halogenated alkanes) is 13. The molecule has 0 spiro atoms. The predicted octanol–water partition coefficient (Wildman–Crippen LogP) is 15.0. The Morgan fingerprint density at radius 1 is 0.600 bits per heavy atom. The summed E-state index contributed by atoms with van der Waals surface area (Å²) in [6.45, 7) is 23.7. The van der Waals surface area contributed by atoms with E-state index in [4.69, 9.17) is 0 Å². The molecule has 306 valence electrons. The Balaban J connectivity index is 1.56. The van der Waals surface area contributed by atoms with Gasteiger partial charge in [0.05, 0.1) is 16.0 Å². The van der Waals surface area contributed by atoms with E-state index in [9.17, 15) is 9.59 Å². The third-order valence-corrected chi connectivity index (χ3v) is 22.9. The van der Waals surface area contributed by atoms with Crippen LogP contribution >= 0.6 is 34.0 Å². The largest absolute Gasteiger partial charge is 0.274 e. The number of hydrogen-bond donors (Lipinski definition) is 0. The van der Waals surface area contributed by atoms with Gasteiger partial charge in [-0.25, -0.2) is 0 Å². The lowest BCUT2D eigenvalue weighted by atomic mass is 9.90. The van der Waals surface area contributed by atoms with Crippen LogP contribution in [0.5, 0.6) is 0 Å². The van der Waals surface area contributed by atoms with Gasteiger partial charge in [0.1, 0.15) is 8.07 Å². The minimum Gasteiger partial charge on any atom is -0.274 e. The molecule has 0 saturated carbocycles. The van der Waals surface area contributed by atoms with E-state index in [2.05, 4.69) is 92.7 Å². The lowest BCUT2D eigenvalue weighted by Crippen LogP contribution is -2.55. The molecule has 0 bridgehead atoms. The molecule has 2 aliphatic heterocycles. The molecule has 0 aliphatic carbocycles. The molecule has 55 heavy (non-hydrogen) atoms. The Kier molecular flexibility index (Phi) is 15.8. The average Bonchev–Trinajstić information content (AvgIpc) is 3.94. The normalized spacial score (nSPS) is 17.4. The molecule has 3 aromatic rings. The van der Waals surface area contributed by atoms with Crippen LogP contribution in [0.3, 0.4) is 0 Å². The summed E-state index contributed by atoms with van der Waals surface area (Å²) in [5.74, 6) is 0.643. The molecule has 2 atom stereocenters. The molecule has 2 amide bonds. The summed E-state index contributed by atoms with van der Waals surface area (Å²) < 4.78 is 0. The van der Waals surface area contributed by atoms with E-state index < -0.39 is 8.07 Å². The molecule has 2 aliphatic rings. The summed E-state index contributed by atoms with van der Waals surface area (Å²) in [6, 6.07) is 7.93. The Morgan fingerprint density at radius 2 is 1.15 bits per heavy atom. The van der Waals surface area contributed by atoms with E-state index in [0.29, 0.717) is 17.7 Å². The van der Waals surface area contributed by atoms with Crippen LogP contribution < -0.4 is 10.4 Å². The molecule has 3 nitrogen and oxygen atoms in total. The highest BCUT2D eigenvalue weighted by Gasteiger charge is 2.50. The van der Waals surface area contributed by atoms with Crippen LogP contribution in [0.15, 0.2) is 12.1 Å². The molecule has 0 aromatic carbocycles. The maximum Gasteiger partial charge on any atom is 0.263 e. The summed E-state index contributed by atoms with van der Waals surface area (Å²) in [7, 11) is -2.12. The second-order valence-electron chi connectivity index (χ2n) is 19.2. The van der Waals surface area contributed by atoms with E-state index in [0.717, 1.165) is 28.5 Å². The number of amides is 2. The van der Waals surface area contributed by atoms with Gasteiger partial charge in [-0.05, 0) is 57.8 Å². The molecule has 0 fully saturated rings. The number of hydrogen-bond acceptors (Lipinski definition) is 5. The van der Waals surface area contributed by atoms with Crippen molar-refractivity contribution in [1.29, 1.82) is 0 Å². The fourth-order valence-electron chi connectivity index (χ4n) is 9.20. The highest BCUT2D eigenvalue weighted by atomic mass is 32.1. The molecular formula is C48H75NO2S3Si. The Morgan fingerprint density at radius 3 is 1.73 bits per heavy atom. The van der Waals surface area contributed by atoms with Crippen molar-refractivity contribution >= 4 is 64.3 Å². The van der Waals surface area contributed by atoms with Gasteiger partial charge >= 0.3 is 0 Å². The first-order valence-corrected chi connectivity index (χ1v) is 27.4. The number of rotatable bonds is 23. The van der Waals surface area contributed by atoms with E-state index in [-0.39, 0.29) is 22.6 Å². The van der Waals surface area contributed by atoms with Crippen molar-refractivity contribution in [2.75, 3.05) is 6.54 Å². The van der Waals surface area contributed by atoms with Gasteiger partial charge in [0.2, 0.25) is 0 Å². The summed E-state index contributed by atoms with van der Waals surface area (Å²) in [5, 5.41) is 3.39. The molecule has 5 rings (SSSR count). The van der Waals surface area contributed by atoms with Gasteiger partial charge in [-0.2, -0.15) is 0 Å². The molecule has 2 unspecified atom stereocenters. The van der Waals surface area contributed by atoms with Gasteiger partial charge in [0, 0.05) is 30.9 Å². The molecule has 0 radical (unpaired) electrons. The fraction of sp³-hybridized carbons (Fsp3) is 0.708. The molecule has 0 saturated heterocycles. The van der Waals surface area contributed by atoms with E-state index in [1.54, 1.807) is 31.5 Å². The molecule has 3 aromatic heterocycles. The van der Waals surface area contributed by atoms with Crippen LogP contribution in [0.25, 0.3) is 19.5 Å². The first kappa shape index (κ1) is 44.6. The number of thiophene rings is 3. The Hall–Kier alpha value is -1.54. The van der Waals surface area contributed by atoms with E-state index in [1.165, 1.54) is 129 Å². The maximum absolute atomic E-state index is 14.5. The Labute approximate surface area is 349 Å². The molecule has 7 heteroatoms. The van der Waals surface area contributed by atoms with Crippen LogP contribution in [-0.2, 0) is 10.8 Å². The standard InChI is InChI=1S/C48H75NO2S3Si/c1-11-15-18-20-22-23-24-26-29-49-45(50)39-40(46(49)51)44(48(8,9)10)54-41(39)35-31-36-42(52-35)43-37(32-38(53-43)47(5,6)7)55(36,30-27-25-21-19-16-12-2)33-34(14-4)28-17-13-3/h31-32,34H,11-30,33H2,1-10H3. The first-order chi connectivity index (χ1) is 26.2. The monoisotopic (exact) mass is 821 g/mol. The molecular weight excluding hydrogens is 747 g/mol. The number of carbonyl (C=O) groups is 2. The van der Waals surface area contributed by atoms with Gasteiger partial charge < -0.3 is 0 Å². The first-order valence-electron chi connectivity index (χ1n) is 22.6. The van der Waals surface area contributed by atoms with Crippen molar-refractivity contribution in [3.63, 3.8) is 0 Å². The second-order valence-corrected chi connectivity index (χ2v) is 26.4. The van der Waals surface area contributed by atoms with E-state index in [1.807, 2.05) is 11.3 Å². The predicted molar refractivity (Wildman–Crippen MR) is 248 cm³/mol. The lowest BCUT2D eigenvalue weighted by Gasteiger charge is -2.33. The summed E-state index contributed by atoms with van der Waals surface area (Å²) >= 11 is 5.75. The number of nitrogens with zero attached hydrogens (tertiary/aromatic N) is 1. The SMILES string of the molecule is CCCCCCCCCCN1C(=O)c2c(-c3cc4c(s3)-c3sc(C(C)(C)C)cc3[Si]4(CCCCCCCC)CC(CC)CCCC)sc(C(C)(C)C)c2C1=O. The second kappa shape index (κ2) is 19.5. The van der Waals surface area contributed by atoms with Gasteiger partial charge in [-0.15, -0.1) is 34.0 Å². The van der Waals surface area contributed by atoms with Crippen LogP contribution in [0, 0.1) is 5.92 Å². The van der Waals surface area contributed by atoms with Gasteiger partial charge in [0.25, 0.3) is 11.8 Å². The number of imide groups is 1. The van der Waals surface area contributed by atoms with Crippen molar-refractivity contribution in [3.8, 4) is 19.5 Å². The minimum atomic E-state index is -2.12. The Bertz CT molecular complexity index is 1730. The highest BCUT2D eigenvalue weighted by Crippen LogP contribution is 2.52. The number of carbonyl (C=O) groups excluding carboxylic acids is 2. The van der Waals surface area contributed by atoms with Gasteiger partial charge in [0.15, 0.2) is 0 Å². The smallest absolute Gasteiger partial charge is 0.263 e. The summed E-state index contributed by atoms with van der Waals surface area (Å²) in [5.41, 5.74) is 1.31. The van der Waals surface area contributed by atoms with Crippen LogP contribution in [-0.4, -0.2) is 31.3 Å². The molecule has 0 N–H and O–H groups in total. The average molecular weight is 822 g/mol. The zero-order valence-corrected chi connectivity index (χ0v) is 40.0. The zero-order chi connectivity index (χ0) is 40.0. The lowest BCUT2D eigenvalue weighted by molar-refractivity contribution is 0.0650. The minimum absolute atomic E-state index is 0.0497. The van der Waals surface area contributed by atoms with Gasteiger partial charge in [-0.3, -0.25) is 14.5 Å². The zero-order valence-electron chi connectivity index (χ0n) is 36.6. The quantitative estimate of drug-likeness (QED) is 0.0543. The van der Waals surface area contributed by atoms with Crippen molar-refractivity contribution in [2.45, 2.75) is 208 Å². The topological polar surface area (TPSA) is 37.4 Å². The number of fused-ring (bicyclic) bond motifs is 4. The maximum atomic E-state index is 14.5. The third-order valence-electron chi connectivity index (χ3n) is 12.5. The van der Waals surface area contributed by atoms with Gasteiger partial charge in [-0.1, -0.05) is 178 Å². The van der Waals surface area contributed by atoms with E-state index >= 15 is 0 Å². The highest BCUT2D eigenvalue weighted by molar-refractivity contribution is 7.32. The van der Waals surface area contributed by atoms with Crippen LogP contribution in [0.1, 0.15) is 215 Å². The van der Waals surface area contributed by atoms with Crippen LogP contribution in [0.2, 0.25) is 12.1 Å². The summed E-state index contributed by atoms with van der Waals surface area (Å²) in [4.78, 5) is 38.2. The summed E-state index contributed by atoms with van der Waals surface area (Å²) in [6.07, 6.45) is 22.7. The fourth-order valence-corrected chi connectivity index (χ4v) is 20.6. The molecule has 5 heterocycles. The van der Waals surface area contributed by atoms with Crippen molar-refractivity contribution < 1.29 is 9.59 Å². The van der Waals surface area contributed by atoms with Crippen molar-refractivity contribution in [1.82, 2.24) is 4.90 Å².